The van der Waals surface area contributed by atoms with E-state index in [1.165, 1.54) is 24.3 Å². The number of carbonyl (C=O) groups excluding carboxylic acids is 1. The molecule has 5 nitrogen and oxygen atoms in total. The van der Waals surface area contributed by atoms with E-state index in [4.69, 9.17) is 16.9 Å². The zero-order valence-corrected chi connectivity index (χ0v) is 14.7. The molecule has 0 saturated carbocycles. The Morgan fingerprint density at radius 1 is 1.12 bits per heavy atom. The van der Waals surface area contributed by atoms with Crippen LogP contribution in [0.2, 0.25) is 0 Å². The number of nitrogens with one attached hydrogen (secondary N) is 1. The van der Waals surface area contributed by atoms with Gasteiger partial charge in [-0.25, -0.2) is 4.39 Å². The molecule has 0 aliphatic rings. The van der Waals surface area contributed by atoms with Crippen LogP contribution in [-0.4, -0.2) is 16.1 Å². The second-order valence-electron chi connectivity index (χ2n) is 5.10. The molecule has 2 aromatic carbocycles. The number of hydrogen-bond acceptors (Lipinski definition) is 5. The Labute approximate surface area is 157 Å². The molecule has 1 aromatic heterocycles. The second-order valence-corrected chi connectivity index (χ2v) is 6.48. The van der Waals surface area contributed by atoms with E-state index in [0.29, 0.717) is 21.3 Å². The highest BCUT2D eigenvalue weighted by Gasteiger charge is 2.15. The van der Waals surface area contributed by atoms with E-state index in [9.17, 15) is 9.18 Å². The minimum absolute atomic E-state index is 0.135. The van der Waals surface area contributed by atoms with E-state index in [2.05, 4.69) is 15.5 Å². The summed E-state index contributed by atoms with van der Waals surface area (Å²) in [5, 5.41) is 20.0. The van der Waals surface area contributed by atoms with Gasteiger partial charge in [0.05, 0.1) is 16.7 Å². The summed E-state index contributed by atoms with van der Waals surface area (Å²) < 4.78 is 12.9. The highest BCUT2D eigenvalue weighted by atomic mass is 35.5. The topological polar surface area (TPSA) is 78.7 Å². The number of nitriles is 1. The Hall–Kier alpha value is -3.08. The maximum Gasteiger partial charge on any atom is 0.286 e. The lowest BCUT2D eigenvalue weighted by molar-refractivity contribution is 0.102. The van der Waals surface area contributed by atoms with Crippen molar-refractivity contribution in [3.8, 4) is 6.07 Å². The quantitative estimate of drug-likeness (QED) is 0.716. The van der Waals surface area contributed by atoms with Crippen molar-refractivity contribution < 1.29 is 9.18 Å². The molecule has 1 amide bonds. The predicted octanol–water partition coefficient (Wildman–Crippen LogP) is 4.54. The van der Waals surface area contributed by atoms with Gasteiger partial charge in [-0.2, -0.15) is 5.26 Å². The number of aromatic nitrogens is 2. The Kier molecular flexibility index (Phi) is 5.37. The van der Waals surface area contributed by atoms with E-state index in [1.54, 1.807) is 30.3 Å². The third-order valence-corrected chi connectivity index (χ3v) is 4.61. The van der Waals surface area contributed by atoms with Gasteiger partial charge in [0.1, 0.15) is 5.82 Å². The van der Waals surface area contributed by atoms with Crippen molar-refractivity contribution in [2.75, 3.05) is 5.32 Å². The van der Waals surface area contributed by atoms with Gasteiger partial charge >= 0.3 is 0 Å². The molecule has 1 N–H and O–H groups in total. The smallest absolute Gasteiger partial charge is 0.286 e. The zero-order chi connectivity index (χ0) is 18.5. The van der Waals surface area contributed by atoms with Crippen LogP contribution in [0, 0.1) is 17.1 Å². The van der Waals surface area contributed by atoms with Gasteiger partial charge in [-0.1, -0.05) is 35.1 Å². The molecule has 0 radical (unpaired) electrons. The van der Waals surface area contributed by atoms with Crippen LogP contribution in [0.1, 0.15) is 25.9 Å². The largest absolute Gasteiger partial charge is 0.320 e. The number of carbonyl (C=O) groups is 1. The summed E-state index contributed by atoms with van der Waals surface area (Å²) in [6, 6.07) is 14.3. The lowest BCUT2D eigenvalue weighted by Gasteiger charge is -2.01. The number of benzene rings is 2. The van der Waals surface area contributed by atoms with Gasteiger partial charge in [-0.3, -0.25) is 4.79 Å². The molecule has 0 saturated heterocycles. The number of halogens is 2. The summed E-state index contributed by atoms with van der Waals surface area (Å²) >= 11 is 7.28. The second kappa shape index (κ2) is 7.87. The molecule has 0 spiro atoms. The van der Waals surface area contributed by atoms with Crippen LogP contribution in [0.25, 0.3) is 11.1 Å². The first-order valence-corrected chi connectivity index (χ1v) is 8.53. The van der Waals surface area contributed by atoms with Crippen molar-refractivity contribution in [2.24, 2.45) is 0 Å². The Bertz CT molecular complexity index is 1010. The molecule has 128 valence electrons. The van der Waals surface area contributed by atoms with Crippen molar-refractivity contribution >= 4 is 45.6 Å². The van der Waals surface area contributed by atoms with E-state index < -0.39 is 5.91 Å². The molecule has 1 heterocycles. The number of amides is 1. The van der Waals surface area contributed by atoms with Gasteiger partial charge in [0.25, 0.3) is 5.91 Å². The zero-order valence-electron chi connectivity index (χ0n) is 13.1. The summed E-state index contributed by atoms with van der Waals surface area (Å²) in [5.74, 6) is -0.843. The first-order chi connectivity index (χ1) is 12.5. The van der Waals surface area contributed by atoms with E-state index in [1.807, 2.05) is 6.07 Å². The van der Waals surface area contributed by atoms with Gasteiger partial charge < -0.3 is 5.32 Å². The molecule has 0 bridgehead atoms. The Balaban J connectivity index is 1.73. The molecule has 3 aromatic rings. The summed E-state index contributed by atoms with van der Waals surface area (Å²) in [4.78, 5) is 12.2. The first-order valence-electron chi connectivity index (χ1n) is 7.33. The fraction of sp³-hybridized carbons (Fsp3) is 0. The molecule has 0 aliphatic carbocycles. The van der Waals surface area contributed by atoms with E-state index in [0.717, 1.165) is 16.9 Å². The maximum absolute atomic E-state index is 12.9. The maximum atomic E-state index is 12.9. The molecule has 3 rings (SSSR count). The fourth-order valence-electron chi connectivity index (χ4n) is 1.99. The fourth-order valence-corrected chi connectivity index (χ4v) is 2.92. The summed E-state index contributed by atoms with van der Waals surface area (Å²) in [7, 11) is 0. The highest BCUT2D eigenvalue weighted by Crippen LogP contribution is 2.26. The molecule has 0 atom stereocenters. The highest BCUT2D eigenvalue weighted by molar-refractivity contribution is 7.15. The minimum Gasteiger partial charge on any atom is -0.320 e. The lowest BCUT2D eigenvalue weighted by atomic mass is 10.1. The summed E-state index contributed by atoms with van der Waals surface area (Å²) in [5.41, 5.74) is 1.79. The average Bonchev–Trinajstić information content (AvgIpc) is 3.15. The van der Waals surface area contributed by atoms with E-state index in [-0.39, 0.29) is 10.8 Å². The van der Waals surface area contributed by atoms with Crippen LogP contribution in [0.4, 0.5) is 10.1 Å². The first kappa shape index (κ1) is 17.7. The molecule has 8 heteroatoms. The molecular formula is C18H10ClFN4OS. The number of rotatable bonds is 4. The van der Waals surface area contributed by atoms with Crippen LogP contribution in [-0.2, 0) is 0 Å². The van der Waals surface area contributed by atoms with Crippen LogP contribution in [0.3, 0.4) is 0 Å². The van der Waals surface area contributed by atoms with Crippen LogP contribution in [0.5, 0.6) is 0 Å². The van der Waals surface area contributed by atoms with Crippen LogP contribution >= 0.6 is 22.9 Å². The average molecular weight is 385 g/mol. The van der Waals surface area contributed by atoms with Crippen molar-refractivity contribution in [2.45, 2.75) is 0 Å². The van der Waals surface area contributed by atoms with Crippen molar-refractivity contribution in [1.29, 1.82) is 5.26 Å². The van der Waals surface area contributed by atoms with Gasteiger partial charge in [0, 0.05) is 5.69 Å². The predicted molar refractivity (Wildman–Crippen MR) is 99.1 cm³/mol. The van der Waals surface area contributed by atoms with E-state index >= 15 is 0 Å². The number of nitrogens with zero attached hydrogens (tertiary/aromatic N) is 3. The molecule has 26 heavy (non-hydrogen) atoms. The third-order valence-electron chi connectivity index (χ3n) is 3.26. The molecular weight excluding hydrogens is 375 g/mol. The van der Waals surface area contributed by atoms with Crippen molar-refractivity contribution in [3.05, 3.63) is 75.5 Å². The minimum atomic E-state index is -0.455. The SMILES string of the molecule is N#Cc1ccc(C=C(Cl)c2nnc(C(=O)Nc3ccc(F)cc3)s2)cc1. The third kappa shape index (κ3) is 4.30. The van der Waals surface area contributed by atoms with Crippen LogP contribution < -0.4 is 5.32 Å². The molecule has 0 aliphatic heterocycles. The van der Waals surface area contributed by atoms with Crippen molar-refractivity contribution in [3.63, 3.8) is 0 Å². The van der Waals surface area contributed by atoms with Crippen molar-refractivity contribution in [1.82, 2.24) is 10.2 Å². The Morgan fingerprint density at radius 2 is 1.77 bits per heavy atom. The standard InChI is InChI=1S/C18H10ClFN4OS/c19-15(9-11-1-3-12(10-21)4-2-11)17-23-24-18(26-17)16(25)22-14-7-5-13(20)6-8-14/h1-9H,(H,22,25). The van der Waals surface area contributed by atoms with Gasteiger partial charge in [-0.15, -0.1) is 10.2 Å². The monoisotopic (exact) mass is 384 g/mol. The van der Waals surface area contributed by atoms with Crippen LogP contribution in [0.15, 0.2) is 48.5 Å². The Morgan fingerprint density at radius 3 is 2.42 bits per heavy atom. The number of hydrogen-bond donors (Lipinski definition) is 1. The van der Waals surface area contributed by atoms with Gasteiger partial charge in [-0.05, 0) is 48.0 Å². The van der Waals surface area contributed by atoms with Gasteiger partial charge in [0.15, 0.2) is 5.01 Å². The molecule has 0 unspecified atom stereocenters. The lowest BCUT2D eigenvalue weighted by Crippen LogP contribution is -2.11. The summed E-state index contributed by atoms with van der Waals surface area (Å²) in [6.45, 7) is 0. The summed E-state index contributed by atoms with van der Waals surface area (Å²) in [6.07, 6.45) is 1.67. The molecule has 0 fully saturated rings. The van der Waals surface area contributed by atoms with Gasteiger partial charge in [0.2, 0.25) is 5.01 Å². The number of anilines is 1. The normalized spacial score (nSPS) is 11.0.